The number of sulfonamides is 1. The van der Waals surface area contributed by atoms with Gasteiger partial charge in [0.15, 0.2) is 5.03 Å². The van der Waals surface area contributed by atoms with Crippen LogP contribution in [0.3, 0.4) is 0 Å². The first-order chi connectivity index (χ1) is 8.31. The molecule has 6 heteroatoms. The molecule has 1 aromatic rings. The van der Waals surface area contributed by atoms with Gasteiger partial charge in [0, 0.05) is 24.8 Å². The Bertz CT molecular complexity index is 467. The third-order valence-electron chi connectivity index (χ3n) is 2.18. The van der Waals surface area contributed by atoms with Crippen molar-refractivity contribution in [2.75, 3.05) is 0 Å². The summed E-state index contributed by atoms with van der Waals surface area (Å²) in [4.78, 5) is 3.99. The van der Waals surface area contributed by atoms with Crippen molar-refractivity contribution in [3.63, 3.8) is 0 Å². The molecule has 18 heavy (non-hydrogen) atoms. The molecule has 0 saturated heterocycles. The van der Waals surface area contributed by atoms with E-state index in [0.717, 1.165) is 5.56 Å². The quantitative estimate of drug-likeness (QED) is 0.817. The van der Waals surface area contributed by atoms with Crippen molar-refractivity contribution in [1.29, 1.82) is 0 Å². The van der Waals surface area contributed by atoms with Crippen molar-refractivity contribution in [2.24, 2.45) is 0 Å². The van der Waals surface area contributed by atoms with Crippen LogP contribution in [-0.2, 0) is 16.6 Å². The normalized spacial score (nSPS) is 12.3. The highest BCUT2D eigenvalue weighted by molar-refractivity contribution is 7.89. The van der Waals surface area contributed by atoms with Crippen LogP contribution < -0.4 is 10.0 Å². The summed E-state index contributed by atoms with van der Waals surface area (Å²) in [6.07, 6.45) is 1.59. The summed E-state index contributed by atoms with van der Waals surface area (Å²) in [7, 11) is -3.49. The standard InChI is InChI=1S/C12H21N3O2S/c1-9(2)13-7-11-5-6-12(14-8-11)18(16,17)15-10(3)4/h5-6,8-10,13,15H,7H2,1-4H3. The van der Waals surface area contributed by atoms with Crippen molar-refractivity contribution >= 4 is 10.0 Å². The van der Waals surface area contributed by atoms with Gasteiger partial charge in [-0.15, -0.1) is 0 Å². The van der Waals surface area contributed by atoms with Gasteiger partial charge in [0.1, 0.15) is 0 Å². The molecule has 1 heterocycles. The maximum absolute atomic E-state index is 11.8. The van der Waals surface area contributed by atoms with Crippen LogP contribution in [0.15, 0.2) is 23.4 Å². The molecule has 1 rings (SSSR count). The minimum Gasteiger partial charge on any atom is -0.310 e. The predicted molar refractivity (Wildman–Crippen MR) is 71.7 cm³/mol. The lowest BCUT2D eigenvalue weighted by Gasteiger charge is -2.10. The maximum atomic E-state index is 11.8. The van der Waals surface area contributed by atoms with Crippen LogP contribution >= 0.6 is 0 Å². The lowest BCUT2D eigenvalue weighted by atomic mass is 10.2. The molecule has 102 valence electrons. The summed E-state index contributed by atoms with van der Waals surface area (Å²) >= 11 is 0. The molecule has 0 spiro atoms. The van der Waals surface area contributed by atoms with E-state index in [-0.39, 0.29) is 11.1 Å². The molecule has 0 radical (unpaired) electrons. The van der Waals surface area contributed by atoms with Crippen LogP contribution in [0.1, 0.15) is 33.3 Å². The molecule has 0 aliphatic rings. The molecule has 1 aromatic heterocycles. The van der Waals surface area contributed by atoms with E-state index in [2.05, 4.69) is 28.9 Å². The Labute approximate surface area is 109 Å². The van der Waals surface area contributed by atoms with Gasteiger partial charge in [0.05, 0.1) is 0 Å². The van der Waals surface area contributed by atoms with E-state index in [4.69, 9.17) is 0 Å². The maximum Gasteiger partial charge on any atom is 0.258 e. The summed E-state index contributed by atoms with van der Waals surface area (Å²) in [5.41, 5.74) is 0.965. The third kappa shape index (κ3) is 4.72. The van der Waals surface area contributed by atoms with E-state index in [0.29, 0.717) is 12.6 Å². The molecular formula is C12H21N3O2S. The van der Waals surface area contributed by atoms with Gasteiger partial charge >= 0.3 is 0 Å². The average molecular weight is 271 g/mol. The number of rotatable bonds is 6. The molecule has 0 bridgehead atoms. The Morgan fingerprint density at radius 1 is 1.17 bits per heavy atom. The van der Waals surface area contributed by atoms with Crippen LogP contribution in [-0.4, -0.2) is 25.5 Å². The molecule has 0 amide bonds. The number of nitrogens with one attached hydrogen (secondary N) is 2. The number of aromatic nitrogens is 1. The van der Waals surface area contributed by atoms with Crippen LogP contribution in [0, 0.1) is 0 Å². The Morgan fingerprint density at radius 3 is 2.28 bits per heavy atom. The highest BCUT2D eigenvalue weighted by Gasteiger charge is 2.16. The second kappa shape index (κ2) is 6.26. The van der Waals surface area contributed by atoms with Crippen molar-refractivity contribution in [1.82, 2.24) is 15.0 Å². The zero-order chi connectivity index (χ0) is 13.8. The van der Waals surface area contributed by atoms with Gasteiger partial charge in [0.2, 0.25) is 0 Å². The van der Waals surface area contributed by atoms with E-state index in [1.54, 1.807) is 26.1 Å². The molecular weight excluding hydrogens is 250 g/mol. The summed E-state index contributed by atoms with van der Waals surface area (Å²) in [5.74, 6) is 0. The highest BCUT2D eigenvalue weighted by atomic mass is 32.2. The van der Waals surface area contributed by atoms with Crippen molar-refractivity contribution in [3.05, 3.63) is 23.9 Å². The fraction of sp³-hybridized carbons (Fsp3) is 0.583. The minimum absolute atomic E-state index is 0.0597. The third-order valence-corrected chi connectivity index (χ3v) is 3.75. The first-order valence-electron chi connectivity index (χ1n) is 6.02. The fourth-order valence-corrected chi connectivity index (χ4v) is 2.55. The van der Waals surface area contributed by atoms with E-state index >= 15 is 0 Å². The average Bonchev–Trinajstić information content (AvgIpc) is 2.25. The van der Waals surface area contributed by atoms with Crippen molar-refractivity contribution in [3.8, 4) is 0 Å². The summed E-state index contributed by atoms with van der Waals surface area (Å²) in [6, 6.07) is 3.55. The smallest absolute Gasteiger partial charge is 0.258 e. The monoisotopic (exact) mass is 271 g/mol. The summed E-state index contributed by atoms with van der Waals surface area (Å²) in [6.45, 7) is 8.34. The SMILES string of the molecule is CC(C)NCc1ccc(S(=O)(=O)NC(C)C)nc1. The van der Waals surface area contributed by atoms with Gasteiger partial charge in [-0.05, 0) is 25.5 Å². The summed E-state index contributed by atoms with van der Waals surface area (Å²) < 4.78 is 26.2. The van der Waals surface area contributed by atoms with Crippen molar-refractivity contribution < 1.29 is 8.42 Å². The lowest BCUT2D eigenvalue weighted by Crippen LogP contribution is -2.30. The molecule has 2 N–H and O–H groups in total. The number of nitrogens with zero attached hydrogens (tertiary/aromatic N) is 1. The van der Waals surface area contributed by atoms with Crippen LogP contribution in [0.25, 0.3) is 0 Å². The molecule has 0 aliphatic heterocycles. The fourth-order valence-electron chi connectivity index (χ4n) is 1.37. The molecule has 0 aliphatic carbocycles. The van der Waals surface area contributed by atoms with E-state index in [1.165, 1.54) is 6.07 Å². The number of hydrogen-bond donors (Lipinski definition) is 2. The largest absolute Gasteiger partial charge is 0.310 e. The van der Waals surface area contributed by atoms with Gasteiger partial charge in [-0.2, -0.15) is 0 Å². The first-order valence-corrected chi connectivity index (χ1v) is 7.50. The van der Waals surface area contributed by atoms with Gasteiger partial charge in [-0.3, -0.25) is 0 Å². The predicted octanol–water partition coefficient (Wildman–Crippen LogP) is 1.27. The van der Waals surface area contributed by atoms with E-state index < -0.39 is 10.0 Å². The Balaban J connectivity index is 2.76. The first kappa shape index (κ1) is 15.1. The topological polar surface area (TPSA) is 71.1 Å². The van der Waals surface area contributed by atoms with Gasteiger partial charge < -0.3 is 5.32 Å². The van der Waals surface area contributed by atoms with Gasteiger partial charge in [-0.25, -0.2) is 18.1 Å². The molecule has 0 unspecified atom stereocenters. The summed E-state index contributed by atoms with van der Waals surface area (Å²) in [5, 5.41) is 3.31. The molecule has 0 fully saturated rings. The molecule has 0 saturated carbocycles. The Hall–Kier alpha value is -0.980. The van der Waals surface area contributed by atoms with E-state index in [1.807, 2.05) is 0 Å². The van der Waals surface area contributed by atoms with Crippen LogP contribution in [0.4, 0.5) is 0 Å². The Kier molecular flexibility index (Phi) is 5.25. The second-order valence-electron chi connectivity index (χ2n) is 4.82. The van der Waals surface area contributed by atoms with Gasteiger partial charge in [0.25, 0.3) is 10.0 Å². The van der Waals surface area contributed by atoms with Gasteiger partial charge in [-0.1, -0.05) is 19.9 Å². The lowest BCUT2D eigenvalue weighted by molar-refractivity contribution is 0.564. The van der Waals surface area contributed by atoms with E-state index in [9.17, 15) is 8.42 Å². The molecule has 0 atom stereocenters. The zero-order valence-corrected chi connectivity index (χ0v) is 12.1. The second-order valence-corrected chi connectivity index (χ2v) is 6.48. The minimum atomic E-state index is -3.49. The molecule has 5 nitrogen and oxygen atoms in total. The van der Waals surface area contributed by atoms with Crippen LogP contribution in [0.5, 0.6) is 0 Å². The number of hydrogen-bond acceptors (Lipinski definition) is 4. The zero-order valence-electron chi connectivity index (χ0n) is 11.3. The Morgan fingerprint density at radius 2 is 1.83 bits per heavy atom. The number of pyridine rings is 1. The molecule has 0 aromatic carbocycles. The van der Waals surface area contributed by atoms with Crippen LogP contribution in [0.2, 0.25) is 0 Å². The highest BCUT2D eigenvalue weighted by Crippen LogP contribution is 2.07. The van der Waals surface area contributed by atoms with Crippen molar-refractivity contribution in [2.45, 2.75) is 51.3 Å².